The number of thiazole rings is 1. The maximum absolute atomic E-state index is 5.63. The van der Waals surface area contributed by atoms with E-state index in [1.54, 1.807) is 18.4 Å². The Balaban J connectivity index is 1.83. The predicted molar refractivity (Wildman–Crippen MR) is 80.2 cm³/mol. The Kier molecular flexibility index (Phi) is 4.70. The molecule has 0 aliphatic rings. The van der Waals surface area contributed by atoms with E-state index in [-0.39, 0.29) is 0 Å². The summed E-state index contributed by atoms with van der Waals surface area (Å²) in [5.74, 6) is 1.63. The second-order valence-corrected chi connectivity index (χ2v) is 5.15. The molecule has 0 aliphatic carbocycles. The average molecular weight is 294 g/mol. The Morgan fingerprint density at radius 1 is 1.32 bits per heavy atom. The first kappa shape index (κ1) is 13.8. The van der Waals surface area contributed by atoms with Crippen molar-refractivity contribution in [3.8, 4) is 11.5 Å². The molecule has 1 aromatic carbocycles. The largest absolute Gasteiger partial charge is 0.497 e. The molecule has 0 spiro atoms. The quantitative estimate of drug-likeness (QED) is 0.829. The van der Waals surface area contributed by atoms with E-state index >= 15 is 0 Å². The van der Waals surface area contributed by atoms with Crippen molar-refractivity contribution < 1.29 is 9.47 Å². The van der Waals surface area contributed by atoms with E-state index in [2.05, 4.69) is 4.98 Å². The highest BCUT2D eigenvalue weighted by Gasteiger charge is 2.04. The van der Waals surface area contributed by atoms with Crippen molar-refractivity contribution >= 4 is 28.5 Å². The molecule has 2 aromatic rings. The SMILES string of the molecule is COc1ccc(OCCc2nc(C(N)=S)cs2)cc1. The van der Waals surface area contributed by atoms with Crippen LogP contribution < -0.4 is 15.2 Å². The lowest BCUT2D eigenvalue weighted by Gasteiger charge is -2.05. The van der Waals surface area contributed by atoms with E-state index in [1.807, 2.05) is 29.6 Å². The first-order chi connectivity index (χ1) is 9.19. The molecule has 6 heteroatoms. The molecule has 0 bridgehead atoms. The Hall–Kier alpha value is -1.66. The topological polar surface area (TPSA) is 57.4 Å². The lowest BCUT2D eigenvalue weighted by molar-refractivity contribution is 0.321. The molecular formula is C13H14N2O2S2. The standard InChI is InChI=1S/C13H14N2O2S2/c1-16-9-2-4-10(5-3-9)17-7-6-12-15-11(8-19-12)13(14)18/h2-5,8H,6-7H2,1H3,(H2,14,18). The molecule has 19 heavy (non-hydrogen) atoms. The summed E-state index contributed by atoms with van der Waals surface area (Å²) in [6.07, 6.45) is 0.735. The molecule has 0 unspecified atom stereocenters. The number of hydrogen-bond donors (Lipinski definition) is 1. The fourth-order valence-electron chi connectivity index (χ4n) is 1.47. The van der Waals surface area contributed by atoms with Gasteiger partial charge in [-0.05, 0) is 24.3 Å². The summed E-state index contributed by atoms with van der Waals surface area (Å²) >= 11 is 6.41. The summed E-state index contributed by atoms with van der Waals surface area (Å²) in [6.45, 7) is 0.566. The fraction of sp³-hybridized carbons (Fsp3) is 0.231. The van der Waals surface area contributed by atoms with Gasteiger partial charge in [0.2, 0.25) is 0 Å². The molecule has 0 radical (unpaired) electrons. The van der Waals surface area contributed by atoms with Crippen LogP contribution in [-0.4, -0.2) is 23.7 Å². The lowest BCUT2D eigenvalue weighted by Crippen LogP contribution is -2.10. The summed E-state index contributed by atoms with van der Waals surface area (Å²) in [7, 11) is 1.64. The zero-order valence-corrected chi connectivity index (χ0v) is 12.1. The molecule has 2 rings (SSSR count). The number of nitrogens with two attached hydrogens (primary N) is 1. The number of rotatable bonds is 6. The highest BCUT2D eigenvalue weighted by atomic mass is 32.1. The van der Waals surface area contributed by atoms with Crippen molar-refractivity contribution in [3.05, 3.63) is 40.3 Å². The van der Waals surface area contributed by atoms with Crippen molar-refractivity contribution in [2.24, 2.45) is 5.73 Å². The van der Waals surface area contributed by atoms with Crippen LogP contribution in [0.4, 0.5) is 0 Å². The van der Waals surface area contributed by atoms with Crippen molar-refractivity contribution in [2.45, 2.75) is 6.42 Å². The number of ether oxygens (including phenoxy) is 2. The molecule has 1 heterocycles. The van der Waals surface area contributed by atoms with Crippen LogP contribution in [0.5, 0.6) is 11.5 Å². The van der Waals surface area contributed by atoms with E-state index < -0.39 is 0 Å². The number of thiocarbonyl (C=S) groups is 1. The van der Waals surface area contributed by atoms with Crippen LogP contribution in [0.1, 0.15) is 10.7 Å². The Labute approximate surface area is 121 Å². The van der Waals surface area contributed by atoms with E-state index in [4.69, 9.17) is 27.4 Å². The Morgan fingerprint density at radius 3 is 2.58 bits per heavy atom. The van der Waals surface area contributed by atoms with E-state index in [0.29, 0.717) is 17.3 Å². The molecule has 100 valence electrons. The van der Waals surface area contributed by atoms with Gasteiger partial charge in [-0.3, -0.25) is 0 Å². The molecule has 0 saturated heterocycles. The monoisotopic (exact) mass is 294 g/mol. The number of benzene rings is 1. The minimum atomic E-state index is 0.332. The van der Waals surface area contributed by atoms with Crippen molar-refractivity contribution in [1.82, 2.24) is 4.98 Å². The van der Waals surface area contributed by atoms with Gasteiger partial charge in [0, 0.05) is 11.8 Å². The zero-order valence-electron chi connectivity index (χ0n) is 10.5. The Morgan fingerprint density at radius 2 is 2.00 bits per heavy atom. The van der Waals surface area contributed by atoms with Gasteiger partial charge in [-0.15, -0.1) is 11.3 Å². The van der Waals surface area contributed by atoms with Gasteiger partial charge in [0.1, 0.15) is 22.2 Å². The van der Waals surface area contributed by atoms with Gasteiger partial charge in [-0.2, -0.15) is 0 Å². The fourth-order valence-corrected chi connectivity index (χ4v) is 2.43. The van der Waals surface area contributed by atoms with E-state index in [0.717, 1.165) is 22.9 Å². The number of hydrogen-bond acceptors (Lipinski definition) is 5. The van der Waals surface area contributed by atoms with Gasteiger partial charge < -0.3 is 15.2 Å². The van der Waals surface area contributed by atoms with Crippen LogP contribution in [0.3, 0.4) is 0 Å². The smallest absolute Gasteiger partial charge is 0.123 e. The molecule has 1 aromatic heterocycles. The molecule has 0 atom stereocenters. The Bertz CT molecular complexity index is 552. The molecule has 0 saturated carbocycles. The predicted octanol–water partition coefficient (Wildman–Crippen LogP) is 2.41. The number of aromatic nitrogens is 1. The van der Waals surface area contributed by atoms with Gasteiger partial charge in [-0.1, -0.05) is 12.2 Å². The third kappa shape index (κ3) is 3.90. The van der Waals surface area contributed by atoms with Crippen molar-refractivity contribution in [1.29, 1.82) is 0 Å². The summed E-state index contributed by atoms with van der Waals surface area (Å²) in [5, 5.41) is 2.83. The van der Waals surface area contributed by atoms with Crippen LogP contribution in [0.25, 0.3) is 0 Å². The molecular weight excluding hydrogens is 280 g/mol. The first-order valence-electron chi connectivity index (χ1n) is 5.70. The van der Waals surface area contributed by atoms with E-state index in [9.17, 15) is 0 Å². The van der Waals surface area contributed by atoms with Crippen molar-refractivity contribution in [3.63, 3.8) is 0 Å². The van der Waals surface area contributed by atoms with Gasteiger partial charge in [-0.25, -0.2) is 4.98 Å². The van der Waals surface area contributed by atoms with Crippen LogP contribution in [0.2, 0.25) is 0 Å². The van der Waals surface area contributed by atoms with Crippen LogP contribution >= 0.6 is 23.6 Å². The van der Waals surface area contributed by atoms with Crippen molar-refractivity contribution in [2.75, 3.05) is 13.7 Å². The molecule has 2 N–H and O–H groups in total. The van der Waals surface area contributed by atoms with E-state index in [1.165, 1.54) is 0 Å². The minimum absolute atomic E-state index is 0.332. The number of nitrogens with zero attached hydrogens (tertiary/aromatic N) is 1. The zero-order chi connectivity index (χ0) is 13.7. The second kappa shape index (κ2) is 6.49. The van der Waals surface area contributed by atoms with Crippen LogP contribution in [0.15, 0.2) is 29.6 Å². The molecule has 4 nitrogen and oxygen atoms in total. The van der Waals surface area contributed by atoms with Crippen LogP contribution in [0, 0.1) is 0 Å². The second-order valence-electron chi connectivity index (χ2n) is 3.76. The summed E-state index contributed by atoms with van der Waals surface area (Å²) in [4.78, 5) is 4.65. The van der Waals surface area contributed by atoms with Gasteiger partial charge >= 0.3 is 0 Å². The number of methoxy groups -OCH3 is 1. The molecule has 0 aliphatic heterocycles. The average Bonchev–Trinajstić information content (AvgIpc) is 2.89. The lowest BCUT2D eigenvalue weighted by atomic mass is 10.3. The normalized spacial score (nSPS) is 10.2. The third-order valence-electron chi connectivity index (χ3n) is 2.45. The maximum Gasteiger partial charge on any atom is 0.123 e. The van der Waals surface area contributed by atoms with Gasteiger partial charge in [0.25, 0.3) is 0 Å². The van der Waals surface area contributed by atoms with Gasteiger partial charge in [0.15, 0.2) is 0 Å². The summed E-state index contributed by atoms with van der Waals surface area (Å²) in [6, 6.07) is 7.48. The summed E-state index contributed by atoms with van der Waals surface area (Å²) in [5.41, 5.74) is 6.19. The third-order valence-corrected chi connectivity index (χ3v) is 3.57. The highest BCUT2D eigenvalue weighted by Crippen LogP contribution is 2.17. The highest BCUT2D eigenvalue weighted by molar-refractivity contribution is 7.80. The maximum atomic E-state index is 5.63. The molecule has 0 amide bonds. The summed E-state index contributed by atoms with van der Waals surface area (Å²) < 4.78 is 10.7. The van der Waals surface area contributed by atoms with Crippen LogP contribution in [-0.2, 0) is 6.42 Å². The minimum Gasteiger partial charge on any atom is -0.497 e. The molecule has 0 fully saturated rings. The van der Waals surface area contributed by atoms with Gasteiger partial charge in [0.05, 0.1) is 18.7 Å². The first-order valence-corrected chi connectivity index (χ1v) is 6.99.